The van der Waals surface area contributed by atoms with Gasteiger partial charge in [-0.1, -0.05) is 27.7 Å². The van der Waals surface area contributed by atoms with Gasteiger partial charge in [0, 0.05) is 26.0 Å². The van der Waals surface area contributed by atoms with Crippen LogP contribution < -0.4 is 0 Å². The molecule has 0 saturated carbocycles. The van der Waals surface area contributed by atoms with Crippen LogP contribution in [0.25, 0.3) is 0 Å². The van der Waals surface area contributed by atoms with Crippen molar-refractivity contribution in [3.05, 3.63) is 34.9 Å². The fraction of sp³-hybridized carbons (Fsp3) is 0.625. The van der Waals surface area contributed by atoms with Crippen LogP contribution in [0.15, 0.2) is 12.4 Å². The maximum absolute atomic E-state index is 4.33. The zero-order chi connectivity index (χ0) is 15.4. The molecule has 0 bridgehead atoms. The van der Waals surface area contributed by atoms with Gasteiger partial charge in [-0.25, -0.2) is 0 Å². The van der Waals surface area contributed by atoms with Gasteiger partial charge < -0.3 is 0 Å². The molecular weight excluding hydrogens is 248 g/mol. The molecule has 0 aromatic carbocycles. The summed E-state index contributed by atoms with van der Waals surface area (Å²) in [4.78, 5) is 0. The van der Waals surface area contributed by atoms with Crippen LogP contribution in [0.1, 0.15) is 62.0 Å². The molecule has 0 N–H and O–H groups in total. The first-order valence-corrected chi connectivity index (χ1v) is 7.22. The summed E-state index contributed by atoms with van der Waals surface area (Å²) in [7, 11) is 3.95. The van der Waals surface area contributed by atoms with E-state index in [4.69, 9.17) is 0 Å². The fourth-order valence-corrected chi connectivity index (χ4v) is 2.58. The Labute approximate surface area is 122 Å². The first-order valence-electron chi connectivity index (χ1n) is 7.22. The number of hydrogen-bond donors (Lipinski definition) is 0. The minimum Gasteiger partial charge on any atom is -0.275 e. The average Bonchev–Trinajstić information content (AvgIpc) is 2.82. The lowest BCUT2D eigenvalue weighted by Gasteiger charge is -2.05. The second-order valence-corrected chi connectivity index (χ2v) is 6.02. The van der Waals surface area contributed by atoms with Crippen molar-refractivity contribution in [3.8, 4) is 0 Å². The third kappa shape index (κ3) is 3.95. The van der Waals surface area contributed by atoms with E-state index in [1.54, 1.807) is 0 Å². The molecule has 0 radical (unpaired) electrons. The lowest BCUT2D eigenvalue weighted by Crippen LogP contribution is -2.00. The van der Waals surface area contributed by atoms with Crippen molar-refractivity contribution < 1.29 is 0 Å². The van der Waals surface area contributed by atoms with Crippen LogP contribution in [0.4, 0.5) is 0 Å². The Kier molecular flexibility index (Phi) is 5.54. The molecule has 112 valence electrons. The Hall–Kier alpha value is -1.58. The summed E-state index contributed by atoms with van der Waals surface area (Å²) in [5.41, 5.74) is 5.12. The molecule has 0 aliphatic carbocycles. The molecule has 4 heteroatoms. The Balaban J connectivity index is 0.000000200. The lowest BCUT2D eigenvalue weighted by molar-refractivity contribution is 0.666. The molecule has 2 rings (SSSR count). The van der Waals surface area contributed by atoms with Crippen LogP contribution in [-0.4, -0.2) is 19.6 Å². The highest BCUT2D eigenvalue weighted by atomic mass is 15.3. The summed E-state index contributed by atoms with van der Waals surface area (Å²) in [6, 6.07) is 0. The van der Waals surface area contributed by atoms with Crippen LogP contribution in [0.3, 0.4) is 0 Å². The zero-order valence-corrected chi connectivity index (χ0v) is 14.1. The number of rotatable bonds is 2. The summed E-state index contributed by atoms with van der Waals surface area (Å²) in [6.45, 7) is 12.9. The summed E-state index contributed by atoms with van der Waals surface area (Å²) in [6.07, 6.45) is 3.96. The minimum atomic E-state index is 0.543. The highest BCUT2D eigenvalue weighted by Crippen LogP contribution is 2.16. The Bertz CT molecular complexity index is 527. The smallest absolute Gasteiger partial charge is 0.0678 e. The average molecular weight is 276 g/mol. The Morgan fingerprint density at radius 2 is 1.55 bits per heavy atom. The number of nitrogens with zero attached hydrogens (tertiary/aromatic N) is 4. The predicted molar refractivity (Wildman–Crippen MR) is 84.1 cm³/mol. The normalized spacial score (nSPS) is 10.9. The lowest BCUT2D eigenvalue weighted by atomic mass is 10.1. The van der Waals surface area contributed by atoms with Gasteiger partial charge in [-0.3, -0.25) is 9.36 Å². The molecule has 20 heavy (non-hydrogen) atoms. The van der Waals surface area contributed by atoms with Gasteiger partial charge in [-0.2, -0.15) is 10.2 Å². The van der Waals surface area contributed by atoms with Gasteiger partial charge in [0.1, 0.15) is 0 Å². The monoisotopic (exact) mass is 276 g/mol. The maximum Gasteiger partial charge on any atom is 0.0678 e. The van der Waals surface area contributed by atoms with Crippen molar-refractivity contribution >= 4 is 0 Å². The van der Waals surface area contributed by atoms with Crippen molar-refractivity contribution in [3.63, 3.8) is 0 Å². The molecule has 4 nitrogen and oxygen atoms in total. The van der Waals surface area contributed by atoms with Crippen LogP contribution >= 0.6 is 0 Å². The van der Waals surface area contributed by atoms with Crippen molar-refractivity contribution in [1.29, 1.82) is 0 Å². The summed E-state index contributed by atoms with van der Waals surface area (Å²) in [5, 5.41) is 8.48. The maximum atomic E-state index is 4.33. The topological polar surface area (TPSA) is 35.6 Å². The molecule has 2 aromatic rings. The highest BCUT2D eigenvalue weighted by molar-refractivity contribution is 5.18. The SMILES string of the molecule is Cc1cn(C)nc1C(C)C.Cc1cnn(C)c1C(C)C. The molecule has 0 spiro atoms. The number of aromatic nitrogens is 4. The molecule has 0 amide bonds. The zero-order valence-electron chi connectivity index (χ0n) is 14.1. The van der Waals surface area contributed by atoms with Gasteiger partial charge in [-0.15, -0.1) is 0 Å². The van der Waals surface area contributed by atoms with Gasteiger partial charge in [0.15, 0.2) is 0 Å². The quantitative estimate of drug-likeness (QED) is 0.838. The van der Waals surface area contributed by atoms with E-state index in [2.05, 4.69) is 57.9 Å². The van der Waals surface area contributed by atoms with Gasteiger partial charge in [-0.05, 0) is 36.8 Å². The van der Waals surface area contributed by atoms with Crippen molar-refractivity contribution in [2.24, 2.45) is 14.1 Å². The van der Waals surface area contributed by atoms with Crippen LogP contribution in [0.2, 0.25) is 0 Å². The van der Waals surface area contributed by atoms with Crippen molar-refractivity contribution in [2.45, 2.75) is 53.4 Å². The fourth-order valence-electron chi connectivity index (χ4n) is 2.58. The highest BCUT2D eigenvalue weighted by Gasteiger charge is 2.07. The molecule has 0 unspecified atom stereocenters. The molecule has 0 saturated heterocycles. The van der Waals surface area contributed by atoms with Gasteiger partial charge >= 0.3 is 0 Å². The van der Waals surface area contributed by atoms with Crippen molar-refractivity contribution in [2.75, 3.05) is 0 Å². The van der Waals surface area contributed by atoms with E-state index in [0.717, 1.165) is 0 Å². The van der Waals surface area contributed by atoms with Gasteiger partial charge in [0.05, 0.1) is 11.9 Å². The molecule has 0 fully saturated rings. The van der Waals surface area contributed by atoms with E-state index in [-0.39, 0.29) is 0 Å². The van der Waals surface area contributed by atoms with Gasteiger partial charge in [0.25, 0.3) is 0 Å². The molecule has 0 atom stereocenters. The number of hydrogen-bond acceptors (Lipinski definition) is 2. The Morgan fingerprint density at radius 3 is 1.75 bits per heavy atom. The molecule has 0 aliphatic heterocycles. The van der Waals surface area contributed by atoms with Crippen LogP contribution in [0, 0.1) is 13.8 Å². The third-order valence-corrected chi connectivity index (χ3v) is 3.32. The molecule has 2 heterocycles. The van der Waals surface area contributed by atoms with E-state index in [1.165, 1.54) is 22.5 Å². The van der Waals surface area contributed by atoms with Crippen LogP contribution in [-0.2, 0) is 14.1 Å². The van der Waals surface area contributed by atoms with E-state index in [1.807, 2.05) is 29.7 Å². The minimum absolute atomic E-state index is 0.543. The third-order valence-electron chi connectivity index (χ3n) is 3.32. The van der Waals surface area contributed by atoms with E-state index in [0.29, 0.717) is 11.8 Å². The first-order chi connectivity index (χ1) is 9.23. The number of aryl methyl sites for hydroxylation is 4. The van der Waals surface area contributed by atoms with E-state index < -0.39 is 0 Å². The largest absolute Gasteiger partial charge is 0.275 e. The van der Waals surface area contributed by atoms with Crippen LogP contribution in [0.5, 0.6) is 0 Å². The standard InChI is InChI=1S/2C8H14N2/c1-6(2)8-7(3)5-10(4)9-8;1-6(2)8-7(3)5-9-10(8)4/h2*5-6H,1-4H3. The van der Waals surface area contributed by atoms with E-state index >= 15 is 0 Å². The summed E-state index contributed by atoms with van der Waals surface area (Å²) < 4.78 is 3.81. The molecular formula is C16H28N4. The second-order valence-electron chi connectivity index (χ2n) is 6.02. The first kappa shape index (κ1) is 16.5. The molecule has 2 aromatic heterocycles. The molecule has 0 aliphatic rings. The van der Waals surface area contributed by atoms with E-state index in [9.17, 15) is 0 Å². The predicted octanol–water partition coefficient (Wildman–Crippen LogP) is 3.70. The van der Waals surface area contributed by atoms with Crippen molar-refractivity contribution in [1.82, 2.24) is 19.6 Å². The Morgan fingerprint density at radius 1 is 0.950 bits per heavy atom. The summed E-state index contributed by atoms with van der Waals surface area (Å²) in [5.74, 6) is 1.12. The second kappa shape index (κ2) is 6.73. The summed E-state index contributed by atoms with van der Waals surface area (Å²) >= 11 is 0. The van der Waals surface area contributed by atoms with Gasteiger partial charge in [0.2, 0.25) is 0 Å².